The van der Waals surface area contributed by atoms with Crippen LogP contribution < -0.4 is 5.32 Å². The second-order valence-corrected chi connectivity index (χ2v) is 4.42. The number of nitrogens with zero attached hydrogens (tertiary/aromatic N) is 1. The van der Waals surface area contributed by atoms with Gasteiger partial charge in [0.1, 0.15) is 5.82 Å². The molecule has 2 rings (SSSR count). The number of carbonyl (C=O) groups excluding carboxylic acids is 1. The third-order valence-corrected chi connectivity index (χ3v) is 2.69. The molecule has 2 N–H and O–H groups in total. The summed E-state index contributed by atoms with van der Waals surface area (Å²) in [6.45, 7) is 4.57. The first kappa shape index (κ1) is 12.4. The fourth-order valence-electron chi connectivity index (χ4n) is 1.94. The van der Waals surface area contributed by atoms with E-state index >= 15 is 0 Å². The lowest BCUT2D eigenvalue weighted by atomic mass is 10.1. The normalized spacial score (nSPS) is 10.3. The Bertz CT molecular complexity index is 512. The first-order valence-electron chi connectivity index (χ1n) is 6.00. The van der Waals surface area contributed by atoms with Gasteiger partial charge in [-0.2, -0.15) is 0 Å². The minimum Gasteiger partial charge on any atom is -0.352 e. The third-order valence-electron chi connectivity index (χ3n) is 2.69. The predicted octanol–water partition coefficient (Wildman–Crippen LogP) is 2.00. The quantitative estimate of drug-likeness (QED) is 0.863. The summed E-state index contributed by atoms with van der Waals surface area (Å²) in [5.74, 6) is 0.851. The molecule has 0 spiro atoms. The molecule has 0 saturated heterocycles. The largest absolute Gasteiger partial charge is 0.352 e. The number of amides is 1. The highest BCUT2D eigenvalue weighted by molar-refractivity contribution is 5.94. The molecular formula is C14H17N3O. The lowest BCUT2D eigenvalue weighted by molar-refractivity contribution is 0.0954. The van der Waals surface area contributed by atoms with Crippen LogP contribution in [0.1, 0.15) is 27.3 Å². The van der Waals surface area contributed by atoms with Gasteiger partial charge in [0.25, 0.3) is 5.91 Å². The molecule has 0 saturated carbocycles. The van der Waals surface area contributed by atoms with Crippen LogP contribution in [0.3, 0.4) is 0 Å². The fraction of sp³-hybridized carbons (Fsp3) is 0.286. The second-order valence-electron chi connectivity index (χ2n) is 4.42. The molecule has 1 aromatic carbocycles. The maximum atomic E-state index is 11.9. The topological polar surface area (TPSA) is 57.8 Å². The lowest BCUT2D eigenvalue weighted by Crippen LogP contribution is -2.26. The number of aryl methyl sites for hydroxylation is 2. The molecule has 4 nitrogen and oxygen atoms in total. The second kappa shape index (κ2) is 5.49. The highest BCUT2D eigenvalue weighted by atomic mass is 16.1. The molecule has 0 fully saturated rings. The summed E-state index contributed by atoms with van der Waals surface area (Å²) in [4.78, 5) is 19.0. The maximum absolute atomic E-state index is 11.9. The van der Waals surface area contributed by atoms with E-state index < -0.39 is 0 Å². The smallest absolute Gasteiger partial charge is 0.251 e. The number of H-pyrrole nitrogens is 1. The zero-order chi connectivity index (χ0) is 13.0. The molecule has 0 bridgehead atoms. The number of aromatic amines is 1. The van der Waals surface area contributed by atoms with Gasteiger partial charge in [-0.15, -0.1) is 0 Å². The maximum Gasteiger partial charge on any atom is 0.251 e. The average Bonchev–Trinajstić information content (AvgIpc) is 2.80. The molecule has 1 aromatic heterocycles. The van der Waals surface area contributed by atoms with E-state index in [1.165, 1.54) is 0 Å². The molecular weight excluding hydrogens is 226 g/mol. The summed E-state index contributed by atoms with van der Waals surface area (Å²) in [6, 6.07) is 5.85. The predicted molar refractivity (Wildman–Crippen MR) is 70.5 cm³/mol. The molecule has 0 atom stereocenters. The van der Waals surface area contributed by atoms with Crippen molar-refractivity contribution < 1.29 is 4.79 Å². The van der Waals surface area contributed by atoms with E-state index in [0.29, 0.717) is 18.5 Å². The minimum absolute atomic E-state index is 0.0339. The Morgan fingerprint density at radius 1 is 1.28 bits per heavy atom. The Labute approximate surface area is 106 Å². The van der Waals surface area contributed by atoms with Crippen LogP contribution in [0.4, 0.5) is 0 Å². The summed E-state index contributed by atoms with van der Waals surface area (Å²) in [6.07, 6.45) is 4.20. The minimum atomic E-state index is -0.0339. The van der Waals surface area contributed by atoms with Crippen LogP contribution in [0.5, 0.6) is 0 Å². The van der Waals surface area contributed by atoms with Crippen molar-refractivity contribution >= 4 is 5.91 Å². The van der Waals surface area contributed by atoms with Crippen molar-refractivity contribution in [1.29, 1.82) is 0 Å². The summed E-state index contributed by atoms with van der Waals surface area (Å²) in [5, 5.41) is 2.89. The first-order chi connectivity index (χ1) is 8.65. The van der Waals surface area contributed by atoms with E-state index in [-0.39, 0.29) is 5.91 Å². The number of carbonyl (C=O) groups is 1. The standard InChI is InChI=1S/C14H17N3O/c1-10-7-11(2)9-12(8-10)14(18)17-4-3-13-15-5-6-16-13/h5-9H,3-4H2,1-2H3,(H,15,16)(H,17,18). The van der Waals surface area contributed by atoms with Crippen molar-refractivity contribution in [3.05, 3.63) is 53.1 Å². The Morgan fingerprint density at radius 2 is 2.00 bits per heavy atom. The molecule has 0 aliphatic carbocycles. The van der Waals surface area contributed by atoms with E-state index in [1.807, 2.05) is 26.0 Å². The molecule has 4 heteroatoms. The Balaban J connectivity index is 1.91. The van der Waals surface area contributed by atoms with Gasteiger partial charge in [0.2, 0.25) is 0 Å². The van der Waals surface area contributed by atoms with Crippen molar-refractivity contribution in [1.82, 2.24) is 15.3 Å². The molecule has 0 unspecified atom stereocenters. The molecule has 2 aromatic rings. The number of hydrogen-bond acceptors (Lipinski definition) is 2. The van der Waals surface area contributed by atoms with Gasteiger partial charge in [-0.1, -0.05) is 17.2 Å². The molecule has 18 heavy (non-hydrogen) atoms. The van der Waals surface area contributed by atoms with Crippen molar-refractivity contribution in [2.45, 2.75) is 20.3 Å². The molecule has 1 amide bonds. The Morgan fingerprint density at radius 3 is 2.61 bits per heavy atom. The zero-order valence-corrected chi connectivity index (χ0v) is 10.7. The number of hydrogen-bond donors (Lipinski definition) is 2. The van der Waals surface area contributed by atoms with Gasteiger partial charge in [-0.05, 0) is 26.0 Å². The van der Waals surface area contributed by atoms with Crippen molar-refractivity contribution in [3.8, 4) is 0 Å². The summed E-state index contributed by atoms with van der Waals surface area (Å²) >= 11 is 0. The van der Waals surface area contributed by atoms with E-state index in [0.717, 1.165) is 17.0 Å². The van der Waals surface area contributed by atoms with Gasteiger partial charge in [-0.3, -0.25) is 4.79 Å². The van der Waals surface area contributed by atoms with Gasteiger partial charge in [-0.25, -0.2) is 4.98 Å². The highest BCUT2D eigenvalue weighted by Crippen LogP contribution is 2.08. The Kier molecular flexibility index (Phi) is 3.77. The fourth-order valence-corrected chi connectivity index (χ4v) is 1.94. The van der Waals surface area contributed by atoms with Crippen molar-refractivity contribution in [2.24, 2.45) is 0 Å². The van der Waals surface area contributed by atoms with Gasteiger partial charge in [0.05, 0.1) is 0 Å². The van der Waals surface area contributed by atoms with Crippen LogP contribution >= 0.6 is 0 Å². The number of aromatic nitrogens is 2. The van der Waals surface area contributed by atoms with Crippen molar-refractivity contribution in [2.75, 3.05) is 6.54 Å². The third kappa shape index (κ3) is 3.20. The van der Waals surface area contributed by atoms with E-state index in [2.05, 4.69) is 21.4 Å². The lowest BCUT2D eigenvalue weighted by Gasteiger charge is -2.06. The number of imidazole rings is 1. The molecule has 0 aliphatic rings. The van der Waals surface area contributed by atoms with Crippen LogP contribution in [-0.2, 0) is 6.42 Å². The van der Waals surface area contributed by atoms with Crippen LogP contribution in [-0.4, -0.2) is 22.4 Å². The van der Waals surface area contributed by atoms with Crippen LogP contribution in [0.15, 0.2) is 30.6 Å². The molecule has 0 radical (unpaired) electrons. The summed E-state index contributed by atoms with van der Waals surface area (Å²) in [7, 11) is 0. The molecule has 0 aliphatic heterocycles. The number of nitrogens with one attached hydrogen (secondary N) is 2. The average molecular weight is 243 g/mol. The summed E-state index contributed by atoms with van der Waals surface area (Å²) in [5.41, 5.74) is 2.92. The van der Waals surface area contributed by atoms with E-state index in [1.54, 1.807) is 12.4 Å². The van der Waals surface area contributed by atoms with Crippen LogP contribution in [0.25, 0.3) is 0 Å². The van der Waals surface area contributed by atoms with Gasteiger partial charge in [0, 0.05) is 30.9 Å². The zero-order valence-electron chi connectivity index (χ0n) is 10.7. The summed E-state index contributed by atoms with van der Waals surface area (Å²) < 4.78 is 0. The number of benzene rings is 1. The van der Waals surface area contributed by atoms with Gasteiger partial charge >= 0.3 is 0 Å². The molecule has 1 heterocycles. The highest BCUT2D eigenvalue weighted by Gasteiger charge is 2.06. The van der Waals surface area contributed by atoms with Crippen LogP contribution in [0.2, 0.25) is 0 Å². The van der Waals surface area contributed by atoms with Gasteiger partial charge < -0.3 is 10.3 Å². The van der Waals surface area contributed by atoms with E-state index in [9.17, 15) is 4.79 Å². The van der Waals surface area contributed by atoms with Gasteiger partial charge in [0.15, 0.2) is 0 Å². The van der Waals surface area contributed by atoms with E-state index in [4.69, 9.17) is 0 Å². The SMILES string of the molecule is Cc1cc(C)cc(C(=O)NCCc2ncc[nH]2)c1. The monoisotopic (exact) mass is 243 g/mol. The first-order valence-corrected chi connectivity index (χ1v) is 6.00. The number of rotatable bonds is 4. The van der Waals surface area contributed by atoms with Crippen LogP contribution in [0, 0.1) is 13.8 Å². The molecule has 94 valence electrons. The van der Waals surface area contributed by atoms with Crippen molar-refractivity contribution in [3.63, 3.8) is 0 Å². The Hall–Kier alpha value is -2.10.